The molecule has 0 atom stereocenters. The van der Waals surface area contributed by atoms with Crippen molar-refractivity contribution in [1.29, 1.82) is 0 Å². The Morgan fingerprint density at radius 3 is 0.690 bits per heavy atom. The molecular formula is C49H64O19S3. The van der Waals surface area contributed by atoms with Crippen LogP contribution in [0.25, 0.3) is 0 Å². The maximum Gasteiger partial charge on any atom is 0.316 e. The Labute approximate surface area is 426 Å². The SMILES string of the molecule is CCOC(=O)CSc1c2c(cc3c1OC(C)(C)O3)OC(C)(C)O2.CCOC(=O)CSc1c2c(cc3c1OC(C)(C)O3)OC(C)(C)O2.CCOC(=O)CSc1c2c(cc3c1OC(C)(C)O3)OC(C)(C)O2.CO. The maximum atomic E-state index is 11.7. The standard InChI is InChI=1S/3C16H20O6S.CH4O/c3*1-6-18-11(17)8-23-14-12-9(19-15(2,3)21-12)7-10-13(14)22-16(4,5)20-10;1-2/h3*7H,6,8H2,1-5H3;2H,1H3. The van der Waals surface area contributed by atoms with Crippen LogP contribution in [-0.2, 0) is 28.6 Å². The molecule has 6 aliphatic heterocycles. The topological polar surface area (TPSA) is 210 Å². The molecule has 6 heterocycles. The predicted molar refractivity (Wildman–Crippen MR) is 262 cm³/mol. The van der Waals surface area contributed by atoms with Crippen LogP contribution in [0.4, 0.5) is 0 Å². The van der Waals surface area contributed by atoms with Gasteiger partial charge in [-0.25, -0.2) is 0 Å². The Kier molecular flexibility index (Phi) is 16.3. The lowest BCUT2D eigenvalue weighted by atomic mass is 10.3. The van der Waals surface area contributed by atoms with Crippen LogP contribution in [0.1, 0.15) is 104 Å². The monoisotopic (exact) mass is 1050 g/mol. The number of carbonyl (C=O) groups excluding carboxylic acids is 3. The van der Waals surface area contributed by atoms with Gasteiger partial charge in [-0.2, -0.15) is 0 Å². The van der Waals surface area contributed by atoms with Crippen molar-refractivity contribution in [3.05, 3.63) is 18.2 Å². The summed E-state index contributed by atoms with van der Waals surface area (Å²) in [5.74, 6) is 1.92. The number of aliphatic hydroxyl groups is 1. The van der Waals surface area contributed by atoms with E-state index in [1.165, 1.54) is 35.3 Å². The smallest absolute Gasteiger partial charge is 0.316 e. The molecule has 0 bridgehead atoms. The van der Waals surface area contributed by atoms with Gasteiger partial charge in [-0.15, -0.1) is 35.3 Å². The van der Waals surface area contributed by atoms with E-state index in [2.05, 4.69) is 0 Å². The normalized spacial score (nSPS) is 18.4. The zero-order valence-corrected chi connectivity index (χ0v) is 45.4. The van der Waals surface area contributed by atoms with Crippen LogP contribution in [0, 0.1) is 0 Å². The van der Waals surface area contributed by atoms with E-state index in [-0.39, 0.29) is 35.2 Å². The Balaban J connectivity index is 0.000000171. The Morgan fingerprint density at radius 2 is 0.535 bits per heavy atom. The molecule has 0 aliphatic carbocycles. The van der Waals surface area contributed by atoms with Gasteiger partial charge in [-0.3, -0.25) is 14.4 Å². The highest BCUT2D eigenvalue weighted by Gasteiger charge is 2.45. The molecule has 0 unspecified atom stereocenters. The highest BCUT2D eigenvalue weighted by molar-refractivity contribution is 8.00. The third kappa shape index (κ3) is 13.2. The minimum atomic E-state index is -0.772. The fourth-order valence-electron chi connectivity index (χ4n) is 7.35. The molecule has 9 rings (SSSR count). The van der Waals surface area contributed by atoms with Gasteiger partial charge in [0.15, 0.2) is 69.0 Å². The van der Waals surface area contributed by atoms with Gasteiger partial charge in [0.25, 0.3) is 0 Å². The van der Waals surface area contributed by atoms with Gasteiger partial charge in [0.2, 0.25) is 34.7 Å². The summed E-state index contributed by atoms with van der Waals surface area (Å²) >= 11 is 3.89. The number of aliphatic hydroxyl groups excluding tert-OH is 1. The Hall–Kier alpha value is -5.32. The summed E-state index contributed by atoms with van der Waals surface area (Å²) in [5.41, 5.74) is 0. The van der Waals surface area contributed by atoms with Gasteiger partial charge in [-0.1, -0.05) is 0 Å². The van der Waals surface area contributed by atoms with Crippen LogP contribution >= 0.6 is 35.3 Å². The number of rotatable bonds is 12. The lowest BCUT2D eigenvalue weighted by Gasteiger charge is -2.18. The average Bonchev–Trinajstić information content (AvgIpc) is 4.06. The largest absolute Gasteiger partial charge is 0.465 e. The van der Waals surface area contributed by atoms with Crippen LogP contribution in [0.3, 0.4) is 0 Å². The molecule has 19 nitrogen and oxygen atoms in total. The van der Waals surface area contributed by atoms with Crippen LogP contribution in [-0.4, -0.2) is 102 Å². The molecule has 0 radical (unpaired) electrons. The predicted octanol–water partition coefficient (Wildman–Crippen LogP) is 9.68. The fourth-order valence-corrected chi connectivity index (χ4v) is 10.0. The maximum absolute atomic E-state index is 11.7. The summed E-state index contributed by atoms with van der Waals surface area (Å²) in [6.07, 6.45) is 0. The quantitative estimate of drug-likeness (QED) is 0.102. The first-order chi connectivity index (χ1) is 33.1. The molecule has 0 saturated carbocycles. The molecular weight excluding hydrogens is 989 g/mol. The number of hydrogen-bond acceptors (Lipinski definition) is 22. The van der Waals surface area contributed by atoms with Crippen LogP contribution < -0.4 is 56.8 Å². The third-order valence-corrected chi connectivity index (χ3v) is 12.6. The van der Waals surface area contributed by atoms with Gasteiger partial charge in [-0.05, 0) is 20.8 Å². The van der Waals surface area contributed by atoms with Crippen LogP contribution in [0.5, 0.6) is 69.0 Å². The summed E-state index contributed by atoms with van der Waals surface area (Å²) in [4.78, 5) is 37.1. The van der Waals surface area contributed by atoms with Crippen molar-refractivity contribution in [2.24, 2.45) is 0 Å². The van der Waals surface area contributed by atoms with Gasteiger partial charge in [0.05, 0.1) is 37.1 Å². The van der Waals surface area contributed by atoms with E-state index in [0.29, 0.717) is 104 Å². The fraction of sp³-hybridized carbons (Fsp3) is 0.571. The summed E-state index contributed by atoms with van der Waals surface area (Å²) in [6.45, 7) is 28.3. The zero-order chi connectivity index (χ0) is 52.5. The second kappa shape index (κ2) is 21.0. The average molecular weight is 1050 g/mol. The number of fused-ring (bicyclic) bond motifs is 6. The van der Waals surface area contributed by atoms with Crippen molar-refractivity contribution in [1.82, 2.24) is 0 Å². The van der Waals surface area contributed by atoms with E-state index in [1.807, 2.05) is 83.1 Å². The third-order valence-electron chi connectivity index (χ3n) is 9.51. The van der Waals surface area contributed by atoms with Gasteiger partial charge in [0.1, 0.15) is 14.7 Å². The number of carbonyl (C=O) groups is 3. The molecule has 392 valence electrons. The van der Waals surface area contributed by atoms with Crippen molar-refractivity contribution < 1.29 is 90.5 Å². The number of ether oxygens (including phenoxy) is 15. The van der Waals surface area contributed by atoms with Gasteiger partial charge in [0, 0.05) is 108 Å². The molecule has 0 fully saturated rings. The number of thioether (sulfide) groups is 3. The van der Waals surface area contributed by atoms with Crippen molar-refractivity contribution in [3.63, 3.8) is 0 Å². The molecule has 0 saturated heterocycles. The summed E-state index contributed by atoms with van der Waals surface area (Å²) in [7, 11) is 1.00. The molecule has 0 spiro atoms. The first-order valence-corrected chi connectivity index (χ1v) is 25.8. The van der Waals surface area contributed by atoms with E-state index >= 15 is 0 Å². The van der Waals surface area contributed by atoms with Crippen molar-refractivity contribution in [3.8, 4) is 69.0 Å². The highest BCUT2D eigenvalue weighted by atomic mass is 32.2. The molecule has 22 heteroatoms. The van der Waals surface area contributed by atoms with E-state index in [1.54, 1.807) is 39.0 Å². The molecule has 0 aromatic heterocycles. The lowest BCUT2D eigenvalue weighted by molar-refractivity contribution is -0.140. The molecule has 6 aliphatic rings. The molecule has 3 aromatic carbocycles. The first kappa shape index (κ1) is 55.0. The van der Waals surface area contributed by atoms with E-state index in [9.17, 15) is 14.4 Å². The Bertz CT molecular complexity index is 2100. The van der Waals surface area contributed by atoms with Crippen LogP contribution in [0.2, 0.25) is 0 Å². The summed E-state index contributed by atoms with van der Waals surface area (Å²) in [6, 6.07) is 5.30. The number of hydrogen-bond donors (Lipinski definition) is 1. The summed E-state index contributed by atoms with van der Waals surface area (Å²) in [5, 5.41) is 7.00. The molecule has 0 amide bonds. The molecule has 3 aromatic rings. The van der Waals surface area contributed by atoms with E-state index in [0.717, 1.165) is 7.11 Å². The number of benzene rings is 3. The first-order valence-electron chi connectivity index (χ1n) is 22.8. The van der Waals surface area contributed by atoms with Gasteiger partial charge < -0.3 is 76.2 Å². The van der Waals surface area contributed by atoms with Crippen molar-refractivity contribution in [2.75, 3.05) is 44.2 Å². The van der Waals surface area contributed by atoms with Crippen LogP contribution in [0.15, 0.2) is 32.9 Å². The second-order valence-corrected chi connectivity index (χ2v) is 21.4. The molecule has 71 heavy (non-hydrogen) atoms. The second-order valence-electron chi connectivity index (χ2n) is 18.5. The minimum Gasteiger partial charge on any atom is -0.465 e. The van der Waals surface area contributed by atoms with E-state index < -0.39 is 34.7 Å². The number of esters is 3. The highest BCUT2D eigenvalue weighted by Crippen LogP contribution is 2.60. The zero-order valence-electron chi connectivity index (χ0n) is 43.0. The minimum absolute atomic E-state index is 0.157. The van der Waals surface area contributed by atoms with Crippen molar-refractivity contribution in [2.45, 2.75) is 153 Å². The lowest BCUT2D eigenvalue weighted by Crippen LogP contribution is -2.30. The molecule has 1 N–H and O–H groups in total. The van der Waals surface area contributed by atoms with Gasteiger partial charge >= 0.3 is 17.9 Å². The summed E-state index contributed by atoms with van der Waals surface area (Å²) < 4.78 is 85.0. The van der Waals surface area contributed by atoms with Crippen molar-refractivity contribution >= 4 is 53.2 Å². The van der Waals surface area contributed by atoms with E-state index in [4.69, 9.17) is 76.2 Å². The Morgan fingerprint density at radius 1 is 0.366 bits per heavy atom.